The number of thiazole rings is 1. The summed E-state index contributed by atoms with van der Waals surface area (Å²) < 4.78 is 0. The Kier molecular flexibility index (Phi) is 3.20. The summed E-state index contributed by atoms with van der Waals surface area (Å²) in [7, 11) is 0. The summed E-state index contributed by atoms with van der Waals surface area (Å²) in [5.74, 6) is 0. The smallest absolute Gasteiger partial charge is 0.105 e. The number of aromatic nitrogens is 1. The van der Waals surface area contributed by atoms with Crippen LogP contribution in [-0.4, -0.2) is 16.1 Å². The zero-order valence-corrected chi connectivity index (χ0v) is 8.14. The second-order valence-corrected chi connectivity index (χ2v) is 4.06. The average molecular weight is 186 g/mol. The van der Waals surface area contributed by atoms with Crippen LogP contribution in [0.25, 0.3) is 0 Å². The van der Waals surface area contributed by atoms with Gasteiger partial charge >= 0.3 is 0 Å². The number of nitrogens with zero attached hydrogens (tertiary/aromatic N) is 1. The van der Waals surface area contributed by atoms with E-state index in [-0.39, 0.29) is 6.04 Å². The topological polar surface area (TPSA) is 59.1 Å². The van der Waals surface area contributed by atoms with Crippen LogP contribution in [0.15, 0.2) is 6.20 Å². The van der Waals surface area contributed by atoms with Gasteiger partial charge in [-0.25, -0.2) is 4.98 Å². The lowest BCUT2D eigenvalue weighted by Crippen LogP contribution is -2.26. The van der Waals surface area contributed by atoms with Crippen molar-refractivity contribution in [3.63, 3.8) is 0 Å². The fraction of sp³-hybridized carbons (Fsp3) is 0.625. The summed E-state index contributed by atoms with van der Waals surface area (Å²) >= 11 is 1.50. The van der Waals surface area contributed by atoms with Gasteiger partial charge in [0.25, 0.3) is 0 Å². The van der Waals surface area contributed by atoms with Gasteiger partial charge in [0.2, 0.25) is 0 Å². The van der Waals surface area contributed by atoms with Crippen LogP contribution < -0.4 is 5.73 Å². The second-order valence-electron chi connectivity index (χ2n) is 2.80. The maximum Gasteiger partial charge on any atom is 0.105 e. The molecule has 12 heavy (non-hydrogen) atoms. The monoisotopic (exact) mass is 186 g/mol. The molecule has 0 aliphatic carbocycles. The number of hydrogen-bond acceptors (Lipinski definition) is 4. The minimum absolute atomic E-state index is 0.176. The van der Waals surface area contributed by atoms with Crippen molar-refractivity contribution in [2.45, 2.75) is 32.4 Å². The number of hydrogen-bond donors (Lipinski definition) is 2. The second kappa shape index (κ2) is 3.98. The van der Waals surface area contributed by atoms with E-state index in [4.69, 9.17) is 5.73 Å². The number of rotatable bonds is 3. The number of aliphatic hydroxyl groups is 1. The Morgan fingerprint density at radius 3 is 2.83 bits per heavy atom. The predicted octanol–water partition coefficient (Wildman–Crippen LogP) is 1.22. The summed E-state index contributed by atoms with van der Waals surface area (Å²) in [6, 6.07) is -0.176. The Balaban J connectivity index is 2.70. The molecule has 3 N–H and O–H groups in total. The van der Waals surface area contributed by atoms with Crippen LogP contribution in [0, 0.1) is 6.92 Å². The molecule has 0 fully saturated rings. The van der Waals surface area contributed by atoms with Crippen molar-refractivity contribution >= 4 is 11.3 Å². The SMILES string of the molecule is CC[C@@H](N)C(O)c1cnc(C)s1. The molecule has 0 radical (unpaired) electrons. The number of nitrogens with two attached hydrogens (primary N) is 1. The summed E-state index contributed by atoms with van der Waals surface area (Å²) in [6.07, 6.45) is 1.92. The maximum absolute atomic E-state index is 9.65. The Morgan fingerprint density at radius 2 is 2.42 bits per heavy atom. The fourth-order valence-corrected chi connectivity index (χ4v) is 1.80. The van der Waals surface area contributed by atoms with E-state index in [0.29, 0.717) is 0 Å². The summed E-state index contributed by atoms with van der Waals surface area (Å²) in [6.45, 7) is 3.88. The Morgan fingerprint density at radius 1 is 1.75 bits per heavy atom. The standard InChI is InChI=1S/C8H14N2OS/c1-3-6(9)8(11)7-4-10-5(2)12-7/h4,6,8,11H,3,9H2,1-2H3/t6-,8?/m1/s1. The summed E-state index contributed by atoms with van der Waals surface area (Å²) in [5, 5.41) is 10.6. The van der Waals surface area contributed by atoms with Crippen molar-refractivity contribution in [1.82, 2.24) is 4.98 Å². The van der Waals surface area contributed by atoms with Gasteiger partial charge in [-0.1, -0.05) is 6.92 Å². The van der Waals surface area contributed by atoms with E-state index in [0.717, 1.165) is 16.3 Å². The molecule has 0 saturated heterocycles. The van der Waals surface area contributed by atoms with Crippen LogP contribution >= 0.6 is 11.3 Å². The van der Waals surface area contributed by atoms with Crippen LogP contribution in [0.4, 0.5) is 0 Å². The average Bonchev–Trinajstić information content (AvgIpc) is 2.49. The van der Waals surface area contributed by atoms with Crippen LogP contribution in [0.2, 0.25) is 0 Å². The van der Waals surface area contributed by atoms with E-state index in [1.807, 2.05) is 13.8 Å². The molecule has 0 amide bonds. The van der Waals surface area contributed by atoms with Gasteiger partial charge in [0.05, 0.1) is 9.88 Å². The first-order valence-corrected chi connectivity index (χ1v) is 4.82. The quantitative estimate of drug-likeness (QED) is 0.746. The molecule has 1 aromatic rings. The molecule has 1 heterocycles. The highest BCUT2D eigenvalue weighted by atomic mass is 32.1. The first kappa shape index (κ1) is 9.64. The first-order valence-electron chi connectivity index (χ1n) is 4.01. The molecule has 0 aromatic carbocycles. The molecule has 2 atom stereocenters. The van der Waals surface area contributed by atoms with Crippen LogP contribution in [0.1, 0.15) is 29.3 Å². The lowest BCUT2D eigenvalue weighted by atomic mass is 10.1. The molecule has 0 saturated carbocycles. The molecule has 1 aromatic heterocycles. The maximum atomic E-state index is 9.65. The highest BCUT2D eigenvalue weighted by Crippen LogP contribution is 2.23. The highest BCUT2D eigenvalue weighted by Gasteiger charge is 2.16. The molecule has 1 unspecified atom stereocenters. The van der Waals surface area contributed by atoms with Gasteiger partial charge in [-0.15, -0.1) is 11.3 Å². The summed E-state index contributed by atoms with van der Waals surface area (Å²) in [5.41, 5.74) is 5.69. The van der Waals surface area contributed by atoms with E-state index in [9.17, 15) is 5.11 Å². The van der Waals surface area contributed by atoms with Crippen molar-refractivity contribution in [2.24, 2.45) is 5.73 Å². The lowest BCUT2D eigenvalue weighted by Gasteiger charge is -2.14. The van der Waals surface area contributed by atoms with Gasteiger partial charge in [0.1, 0.15) is 6.10 Å². The number of aliphatic hydroxyl groups excluding tert-OH is 1. The van der Waals surface area contributed by atoms with Crippen LogP contribution in [0.3, 0.4) is 0 Å². The normalized spacial score (nSPS) is 16.0. The Bertz CT molecular complexity index is 249. The molecule has 3 nitrogen and oxygen atoms in total. The van der Waals surface area contributed by atoms with Crippen LogP contribution in [0.5, 0.6) is 0 Å². The van der Waals surface area contributed by atoms with Crippen molar-refractivity contribution in [2.75, 3.05) is 0 Å². The minimum atomic E-state index is -0.554. The van der Waals surface area contributed by atoms with Gasteiger partial charge in [-0.05, 0) is 13.3 Å². The van der Waals surface area contributed by atoms with Crippen molar-refractivity contribution in [1.29, 1.82) is 0 Å². The van der Waals surface area contributed by atoms with Crippen LogP contribution in [-0.2, 0) is 0 Å². The highest BCUT2D eigenvalue weighted by molar-refractivity contribution is 7.11. The third kappa shape index (κ3) is 2.03. The molecule has 0 spiro atoms. The van der Waals surface area contributed by atoms with Gasteiger partial charge in [-0.2, -0.15) is 0 Å². The van der Waals surface area contributed by atoms with Gasteiger partial charge in [-0.3, -0.25) is 0 Å². The molecule has 0 aliphatic heterocycles. The zero-order chi connectivity index (χ0) is 9.14. The van der Waals surface area contributed by atoms with E-state index in [2.05, 4.69) is 4.98 Å². The van der Waals surface area contributed by atoms with E-state index in [1.54, 1.807) is 6.20 Å². The molecule has 68 valence electrons. The Labute approximate surface area is 76.3 Å². The number of aryl methyl sites for hydroxylation is 1. The molecular formula is C8H14N2OS. The fourth-order valence-electron chi connectivity index (χ4n) is 0.949. The largest absolute Gasteiger partial charge is 0.386 e. The van der Waals surface area contributed by atoms with Gasteiger partial charge < -0.3 is 10.8 Å². The first-order chi connectivity index (χ1) is 5.65. The molecule has 0 aliphatic rings. The van der Waals surface area contributed by atoms with Gasteiger partial charge in [0.15, 0.2) is 0 Å². The predicted molar refractivity (Wildman–Crippen MR) is 50.1 cm³/mol. The third-order valence-corrected chi connectivity index (χ3v) is 2.79. The molecule has 1 rings (SSSR count). The van der Waals surface area contributed by atoms with Crippen molar-refractivity contribution in [3.05, 3.63) is 16.1 Å². The molecular weight excluding hydrogens is 172 g/mol. The van der Waals surface area contributed by atoms with Crippen molar-refractivity contribution < 1.29 is 5.11 Å². The van der Waals surface area contributed by atoms with E-state index < -0.39 is 6.10 Å². The molecule has 4 heteroatoms. The van der Waals surface area contributed by atoms with E-state index in [1.165, 1.54) is 11.3 Å². The van der Waals surface area contributed by atoms with Crippen molar-refractivity contribution in [3.8, 4) is 0 Å². The molecule has 0 bridgehead atoms. The third-order valence-electron chi connectivity index (χ3n) is 1.81. The minimum Gasteiger partial charge on any atom is -0.386 e. The summed E-state index contributed by atoms with van der Waals surface area (Å²) in [4.78, 5) is 4.92. The lowest BCUT2D eigenvalue weighted by molar-refractivity contribution is 0.148. The Hall–Kier alpha value is -0.450. The zero-order valence-electron chi connectivity index (χ0n) is 7.32. The van der Waals surface area contributed by atoms with Gasteiger partial charge in [0, 0.05) is 12.2 Å². The van der Waals surface area contributed by atoms with E-state index >= 15 is 0 Å².